The van der Waals surface area contributed by atoms with Crippen LogP contribution in [0, 0.1) is 0 Å². The van der Waals surface area contributed by atoms with Crippen molar-refractivity contribution in [2.45, 2.75) is 91.1 Å². The van der Waals surface area contributed by atoms with Crippen molar-refractivity contribution in [3.63, 3.8) is 0 Å². The van der Waals surface area contributed by atoms with Gasteiger partial charge in [-0.3, -0.25) is 0 Å². The molecule has 0 bridgehead atoms. The van der Waals surface area contributed by atoms with Crippen molar-refractivity contribution in [3.05, 3.63) is 34.9 Å². The topological polar surface area (TPSA) is 29.5 Å². The molecule has 0 aliphatic heterocycles. The van der Waals surface area contributed by atoms with Crippen LogP contribution in [0.3, 0.4) is 0 Å². The average Bonchev–Trinajstić information content (AvgIpc) is 2.50. The fraction of sp³-hybridized carbons (Fsp3) is 0.636. The van der Waals surface area contributed by atoms with Crippen LogP contribution >= 0.6 is 0 Å². The van der Waals surface area contributed by atoms with E-state index in [0.717, 1.165) is 24.2 Å². The molecule has 0 fully saturated rings. The van der Waals surface area contributed by atoms with Gasteiger partial charge in [-0.25, -0.2) is 0 Å². The number of unbranched alkanes of at least 4 members (excludes halogenated alkanes) is 3. The molecule has 2 heteroatoms. The zero-order valence-electron chi connectivity index (χ0n) is 15.9. The maximum atomic E-state index is 10.7. The number of ether oxygens (including phenoxy) is 1. The quantitative estimate of drug-likeness (QED) is 0.434. The molecule has 0 heterocycles. The van der Waals surface area contributed by atoms with Crippen LogP contribution in [-0.2, 0) is 6.42 Å². The van der Waals surface area contributed by atoms with Gasteiger partial charge in [-0.15, -0.1) is 0 Å². The van der Waals surface area contributed by atoms with E-state index in [1.165, 1.54) is 49.7 Å². The second kappa shape index (κ2) is 9.15. The molecule has 1 N–H and O–H groups in total. The minimum Gasteiger partial charge on any atom is -0.507 e. The van der Waals surface area contributed by atoms with E-state index in [1.54, 1.807) is 0 Å². The Balaban J connectivity index is 2.26. The van der Waals surface area contributed by atoms with Crippen LogP contribution in [0.15, 0.2) is 23.8 Å². The number of aryl methyl sites for hydroxylation is 1. The molecule has 0 amide bonds. The van der Waals surface area contributed by atoms with Gasteiger partial charge in [0.25, 0.3) is 0 Å². The number of hydrogen-bond donors (Lipinski definition) is 1. The first-order chi connectivity index (χ1) is 11.5. The molecule has 1 aliphatic rings. The SMILES string of the molecule is CCCCCCc1cc(O)c(C2C=C(C)CCC2)c(OC(C)C)c1. The molecule has 24 heavy (non-hydrogen) atoms. The van der Waals surface area contributed by atoms with Crippen LogP contribution in [0.25, 0.3) is 0 Å². The van der Waals surface area contributed by atoms with Gasteiger partial charge in [-0.2, -0.15) is 0 Å². The van der Waals surface area contributed by atoms with Gasteiger partial charge >= 0.3 is 0 Å². The largest absolute Gasteiger partial charge is 0.507 e. The van der Waals surface area contributed by atoms with Crippen molar-refractivity contribution < 1.29 is 9.84 Å². The highest BCUT2D eigenvalue weighted by Gasteiger charge is 2.22. The van der Waals surface area contributed by atoms with Gasteiger partial charge in [-0.05, 0) is 70.6 Å². The van der Waals surface area contributed by atoms with Crippen LogP contribution in [0.4, 0.5) is 0 Å². The van der Waals surface area contributed by atoms with Crippen LogP contribution in [0.5, 0.6) is 11.5 Å². The van der Waals surface area contributed by atoms with Crippen LogP contribution in [0.1, 0.15) is 89.7 Å². The van der Waals surface area contributed by atoms with Crippen LogP contribution in [-0.4, -0.2) is 11.2 Å². The fourth-order valence-electron chi connectivity index (χ4n) is 3.63. The summed E-state index contributed by atoms with van der Waals surface area (Å²) in [5, 5.41) is 10.7. The van der Waals surface area contributed by atoms with Gasteiger partial charge in [0.1, 0.15) is 11.5 Å². The Morgan fingerprint density at radius 3 is 2.67 bits per heavy atom. The molecule has 1 aromatic rings. The molecule has 1 aliphatic carbocycles. The lowest BCUT2D eigenvalue weighted by molar-refractivity contribution is 0.237. The van der Waals surface area contributed by atoms with E-state index in [1.807, 2.05) is 6.07 Å². The monoisotopic (exact) mass is 330 g/mol. The highest BCUT2D eigenvalue weighted by Crippen LogP contribution is 2.42. The lowest BCUT2D eigenvalue weighted by atomic mass is 9.84. The van der Waals surface area contributed by atoms with Gasteiger partial charge in [0, 0.05) is 11.5 Å². The van der Waals surface area contributed by atoms with E-state index in [9.17, 15) is 5.11 Å². The third-order valence-corrected chi connectivity index (χ3v) is 4.80. The molecule has 1 unspecified atom stereocenters. The Labute approximate surface area is 147 Å². The Morgan fingerprint density at radius 2 is 2.00 bits per heavy atom. The molecule has 1 atom stereocenters. The molecule has 0 saturated heterocycles. The third-order valence-electron chi connectivity index (χ3n) is 4.80. The lowest BCUT2D eigenvalue weighted by Crippen LogP contribution is -2.11. The Morgan fingerprint density at radius 1 is 1.21 bits per heavy atom. The number of benzene rings is 1. The first-order valence-electron chi connectivity index (χ1n) is 9.71. The molecule has 2 rings (SSSR count). The molecule has 134 valence electrons. The lowest BCUT2D eigenvalue weighted by Gasteiger charge is -2.25. The Bertz CT molecular complexity index is 557. The molecule has 0 aromatic heterocycles. The van der Waals surface area contributed by atoms with Gasteiger partial charge in [-0.1, -0.05) is 37.8 Å². The zero-order valence-corrected chi connectivity index (χ0v) is 15.9. The van der Waals surface area contributed by atoms with Crippen molar-refractivity contribution in [1.29, 1.82) is 0 Å². The summed E-state index contributed by atoms with van der Waals surface area (Å²) in [5.74, 6) is 1.57. The average molecular weight is 331 g/mol. The van der Waals surface area contributed by atoms with Crippen molar-refractivity contribution in [1.82, 2.24) is 0 Å². The number of phenolic OH excluding ortho intramolecular Hbond substituents is 1. The third kappa shape index (κ3) is 5.29. The van der Waals surface area contributed by atoms with Crippen LogP contribution < -0.4 is 4.74 Å². The highest BCUT2D eigenvalue weighted by atomic mass is 16.5. The van der Waals surface area contributed by atoms with Gasteiger partial charge in [0.15, 0.2) is 0 Å². The predicted molar refractivity (Wildman–Crippen MR) is 102 cm³/mol. The van der Waals surface area contributed by atoms with Crippen molar-refractivity contribution in [2.75, 3.05) is 0 Å². The molecule has 0 saturated carbocycles. The summed E-state index contributed by atoms with van der Waals surface area (Å²) >= 11 is 0. The smallest absolute Gasteiger partial charge is 0.127 e. The van der Waals surface area contributed by atoms with Crippen molar-refractivity contribution >= 4 is 0 Å². The number of rotatable bonds is 8. The highest BCUT2D eigenvalue weighted by molar-refractivity contribution is 5.51. The van der Waals surface area contributed by atoms with Gasteiger partial charge in [0.2, 0.25) is 0 Å². The van der Waals surface area contributed by atoms with E-state index in [2.05, 4.69) is 39.8 Å². The number of allylic oxidation sites excluding steroid dienone is 2. The second-order valence-corrected chi connectivity index (χ2v) is 7.52. The van der Waals surface area contributed by atoms with E-state index >= 15 is 0 Å². The number of aromatic hydroxyl groups is 1. The molecule has 1 aromatic carbocycles. The van der Waals surface area contributed by atoms with E-state index < -0.39 is 0 Å². The van der Waals surface area contributed by atoms with Gasteiger partial charge < -0.3 is 9.84 Å². The van der Waals surface area contributed by atoms with E-state index in [4.69, 9.17) is 4.74 Å². The first kappa shape index (κ1) is 18.9. The van der Waals surface area contributed by atoms with E-state index in [0.29, 0.717) is 5.75 Å². The maximum absolute atomic E-state index is 10.7. The molecular weight excluding hydrogens is 296 g/mol. The number of phenols is 1. The van der Waals surface area contributed by atoms with Crippen molar-refractivity contribution in [2.24, 2.45) is 0 Å². The fourth-order valence-corrected chi connectivity index (χ4v) is 3.63. The van der Waals surface area contributed by atoms with E-state index in [-0.39, 0.29) is 12.0 Å². The predicted octanol–water partition coefficient (Wildman–Crippen LogP) is 6.52. The maximum Gasteiger partial charge on any atom is 0.127 e. The molecule has 0 radical (unpaired) electrons. The summed E-state index contributed by atoms with van der Waals surface area (Å²) in [6.07, 6.45) is 11.9. The van der Waals surface area contributed by atoms with Gasteiger partial charge in [0.05, 0.1) is 6.10 Å². The zero-order chi connectivity index (χ0) is 17.5. The number of hydrogen-bond acceptors (Lipinski definition) is 2. The normalized spacial score (nSPS) is 17.9. The summed E-state index contributed by atoms with van der Waals surface area (Å²) in [5.41, 5.74) is 3.60. The Kier molecular flexibility index (Phi) is 7.20. The molecule has 0 spiro atoms. The summed E-state index contributed by atoms with van der Waals surface area (Å²) in [6, 6.07) is 4.13. The summed E-state index contributed by atoms with van der Waals surface area (Å²) in [7, 11) is 0. The second-order valence-electron chi connectivity index (χ2n) is 7.52. The first-order valence-corrected chi connectivity index (χ1v) is 9.71. The summed E-state index contributed by atoms with van der Waals surface area (Å²) < 4.78 is 6.09. The minimum atomic E-state index is 0.118. The van der Waals surface area contributed by atoms with Crippen LogP contribution in [0.2, 0.25) is 0 Å². The standard InChI is InChI=1S/C22H34O2/c1-5-6-7-8-11-18-14-20(23)22(21(15-18)24-16(2)3)19-12-9-10-17(4)13-19/h13-16,19,23H,5-12H2,1-4H3. The summed E-state index contributed by atoms with van der Waals surface area (Å²) in [6.45, 7) is 8.52. The summed E-state index contributed by atoms with van der Waals surface area (Å²) in [4.78, 5) is 0. The minimum absolute atomic E-state index is 0.118. The molecule has 2 nitrogen and oxygen atoms in total. The molecular formula is C22H34O2. The van der Waals surface area contributed by atoms with Crippen molar-refractivity contribution in [3.8, 4) is 11.5 Å². The Hall–Kier alpha value is -1.44.